The monoisotopic (exact) mass is 335 g/mol. The predicted octanol–water partition coefficient (Wildman–Crippen LogP) is 0.275. The first kappa shape index (κ1) is 19.6. The Bertz CT molecular complexity index is 362. The largest absolute Gasteiger partial charge is 2.00 e. The van der Waals surface area contributed by atoms with Gasteiger partial charge in [-0.05, 0) is 6.92 Å². The van der Waals surface area contributed by atoms with E-state index in [0.717, 1.165) is 0 Å². The fourth-order valence-corrected chi connectivity index (χ4v) is 0.576. The van der Waals surface area contributed by atoms with E-state index in [2.05, 4.69) is 20.4 Å². The van der Waals surface area contributed by atoms with Crippen molar-refractivity contribution in [3.63, 3.8) is 0 Å². The van der Waals surface area contributed by atoms with E-state index in [-0.39, 0.29) is 17.1 Å². The Morgan fingerprint density at radius 3 is 1.78 bits per heavy atom. The Balaban J connectivity index is 0. The van der Waals surface area contributed by atoms with Gasteiger partial charge in [-0.1, -0.05) is 0 Å². The van der Waals surface area contributed by atoms with Gasteiger partial charge in [0, 0.05) is 38.5 Å². The molecule has 0 aromatic rings. The normalized spacial score (nSPS) is 13.5. The molecule has 9 heteroatoms. The Morgan fingerprint density at radius 1 is 0.889 bits per heavy atom. The van der Waals surface area contributed by atoms with Gasteiger partial charge in [-0.25, -0.2) is 0 Å². The van der Waals surface area contributed by atoms with Gasteiger partial charge in [-0.15, -0.1) is 0 Å². The van der Waals surface area contributed by atoms with Crippen molar-refractivity contribution in [2.75, 3.05) is 28.2 Å². The first-order chi connectivity index (χ1) is 7.84. The minimum atomic E-state index is 0. The zero-order chi connectivity index (χ0) is 13.4. The zero-order valence-corrected chi connectivity index (χ0v) is 13.5. The summed E-state index contributed by atoms with van der Waals surface area (Å²) in [5.74, 6) is 0. The van der Waals surface area contributed by atoms with Crippen LogP contribution in [0.25, 0.3) is 0 Å². The standard InChI is InChI=1S/C9H18N6S2.Cu/c1-7(11-13-9(17)15(4)5)6-10-12-8(16)14(2)3;/h6H,1-5H3,(H,12,16)(H,13,17);/q;+2/p-2/b10-6-,11-7-;. The summed E-state index contributed by atoms with van der Waals surface area (Å²) in [6.45, 7) is 1.75. The molecule has 0 unspecified atom stereocenters. The van der Waals surface area contributed by atoms with Crippen LogP contribution in [-0.4, -0.2) is 60.3 Å². The average molecular weight is 336 g/mol. The van der Waals surface area contributed by atoms with E-state index in [9.17, 15) is 0 Å². The quantitative estimate of drug-likeness (QED) is 0.244. The molecule has 0 spiro atoms. The SMILES string of the molecule is CC(/C=N\N=C(/[S-])N(C)C)=N/N=C(\[S-])N(C)C.[Cu+2]. The van der Waals surface area contributed by atoms with E-state index in [0.29, 0.717) is 16.0 Å². The number of hydrogen-bond acceptors (Lipinski definition) is 6. The molecule has 0 aromatic heterocycles. The maximum Gasteiger partial charge on any atom is 2.00 e. The molecule has 0 bridgehead atoms. The van der Waals surface area contributed by atoms with Crippen molar-refractivity contribution < 1.29 is 17.1 Å². The minimum Gasteiger partial charge on any atom is -0.741 e. The summed E-state index contributed by atoms with van der Waals surface area (Å²) >= 11 is 9.87. The summed E-state index contributed by atoms with van der Waals surface area (Å²) in [5.41, 5.74) is 0.597. The molecule has 105 valence electrons. The molecule has 0 aromatic carbocycles. The molecule has 0 rings (SSSR count). The third-order valence-electron chi connectivity index (χ3n) is 1.45. The molecule has 0 saturated heterocycles. The molecule has 0 heterocycles. The molecule has 0 N–H and O–H groups in total. The van der Waals surface area contributed by atoms with Gasteiger partial charge in [0.2, 0.25) is 0 Å². The van der Waals surface area contributed by atoms with E-state index in [4.69, 9.17) is 25.3 Å². The topological polar surface area (TPSA) is 55.9 Å². The zero-order valence-electron chi connectivity index (χ0n) is 10.9. The predicted molar refractivity (Wildman–Crippen MR) is 78.6 cm³/mol. The van der Waals surface area contributed by atoms with Crippen LogP contribution in [0.5, 0.6) is 0 Å². The first-order valence-electron chi connectivity index (χ1n) is 4.76. The van der Waals surface area contributed by atoms with Gasteiger partial charge in [-0.2, -0.15) is 20.4 Å². The van der Waals surface area contributed by atoms with Gasteiger partial charge in [0.1, 0.15) is 0 Å². The van der Waals surface area contributed by atoms with E-state index < -0.39 is 0 Å². The summed E-state index contributed by atoms with van der Waals surface area (Å²) in [7, 11) is 7.20. The molecular formula is C9H16CuN6S2. The van der Waals surface area contributed by atoms with Crippen molar-refractivity contribution in [3.05, 3.63) is 0 Å². The fourth-order valence-electron chi connectivity index (χ4n) is 0.488. The van der Waals surface area contributed by atoms with Crippen molar-refractivity contribution in [1.82, 2.24) is 9.80 Å². The van der Waals surface area contributed by atoms with Gasteiger partial charge in [-0.3, -0.25) is 0 Å². The van der Waals surface area contributed by atoms with Gasteiger partial charge < -0.3 is 35.1 Å². The third-order valence-corrected chi connectivity index (χ3v) is 2.34. The smallest absolute Gasteiger partial charge is 0.741 e. The van der Waals surface area contributed by atoms with Crippen molar-refractivity contribution in [2.24, 2.45) is 20.4 Å². The molecule has 0 aliphatic rings. The fraction of sp³-hybridized carbons (Fsp3) is 0.556. The number of amidine groups is 2. The van der Waals surface area contributed by atoms with Crippen LogP contribution in [0.1, 0.15) is 6.92 Å². The number of hydrogen-bond donors (Lipinski definition) is 0. The summed E-state index contributed by atoms with van der Waals surface area (Å²) < 4.78 is 0. The number of rotatable bonds is 3. The van der Waals surface area contributed by atoms with Crippen molar-refractivity contribution in [2.45, 2.75) is 6.92 Å². The summed E-state index contributed by atoms with van der Waals surface area (Å²) in [4.78, 5) is 3.37. The van der Waals surface area contributed by atoms with Crippen molar-refractivity contribution in [3.8, 4) is 0 Å². The molecule has 0 atom stereocenters. The summed E-state index contributed by atoms with van der Waals surface area (Å²) in [5, 5.41) is 16.1. The van der Waals surface area contributed by atoms with Gasteiger partial charge in [0.15, 0.2) is 0 Å². The van der Waals surface area contributed by atoms with Crippen LogP contribution in [0.2, 0.25) is 0 Å². The maximum absolute atomic E-state index is 4.94. The van der Waals surface area contributed by atoms with Crippen LogP contribution >= 0.6 is 0 Å². The third kappa shape index (κ3) is 9.29. The minimum absolute atomic E-state index is 0. The summed E-state index contributed by atoms with van der Waals surface area (Å²) in [6, 6.07) is 0. The second-order valence-electron chi connectivity index (χ2n) is 3.54. The van der Waals surface area contributed by atoms with E-state index >= 15 is 0 Å². The second kappa shape index (κ2) is 10.2. The van der Waals surface area contributed by atoms with Gasteiger partial charge in [0.05, 0.1) is 11.9 Å². The second-order valence-corrected chi connectivity index (χ2v) is 4.27. The van der Waals surface area contributed by atoms with Crippen LogP contribution in [0.3, 0.4) is 0 Å². The van der Waals surface area contributed by atoms with E-state index in [1.165, 1.54) is 6.21 Å². The molecule has 0 aliphatic heterocycles. The molecule has 6 nitrogen and oxygen atoms in total. The van der Waals surface area contributed by atoms with Crippen molar-refractivity contribution >= 4 is 47.5 Å². The molecule has 0 saturated carbocycles. The Kier molecular flexibility index (Phi) is 11.1. The summed E-state index contributed by atoms with van der Waals surface area (Å²) in [6.07, 6.45) is 1.47. The Morgan fingerprint density at radius 2 is 1.33 bits per heavy atom. The van der Waals surface area contributed by atoms with E-state index in [1.807, 2.05) is 0 Å². The molecular weight excluding hydrogens is 320 g/mol. The van der Waals surface area contributed by atoms with Gasteiger partial charge >= 0.3 is 17.1 Å². The maximum atomic E-state index is 4.94. The molecule has 1 radical (unpaired) electrons. The average Bonchev–Trinajstić information content (AvgIpc) is 2.25. The Hall–Kier alpha value is -0.761. The van der Waals surface area contributed by atoms with Crippen LogP contribution in [-0.2, 0) is 42.3 Å². The number of nitrogens with zero attached hydrogens (tertiary/aromatic N) is 6. The van der Waals surface area contributed by atoms with Crippen LogP contribution < -0.4 is 0 Å². The van der Waals surface area contributed by atoms with Crippen LogP contribution in [0, 0.1) is 0 Å². The van der Waals surface area contributed by atoms with Crippen LogP contribution in [0.4, 0.5) is 0 Å². The van der Waals surface area contributed by atoms with Crippen LogP contribution in [0.15, 0.2) is 20.4 Å². The molecule has 18 heavy (non-hydrogen) atoms. The first-order valence-corrected chi connectivity index (χ1v) is 5.58. The van der Waals surface area contributed by atoms with Gasteiger partial charge in [0.25, 0.3) is 0 Å². The Labute approximate surface area is 130 Å². The molecule has 0 fully saturated rings. The van der Waals surface area contributed by atoms with Crippen molar-refractivity contribution in [1.29, 1.82) is 0 Å². The molecule has 0 aliphatic carbocycles. The van der Waals surface area contributed by atoms with E-state index in [1.54, 1.807) is 44.9 Å². The molecule has 0 amide bonds.